The van der Waals surface area contributed by atoms with Crippen LogP contribution in [0.2, 0.25) is 10.0 Å². The van der Waals surface area contributed by atoms with Gasteiger partial charge in [0.2, 0.25) is 0 Å². The molecule has 0 spiro atoms. The van der Waals surface area contributed by atoms with E-state index >= 15 is 0 Å². The normalized spacial score (nSPS) is 11.5. The van der Waals surface area contributed by atoms with Crippen LogP contribution < -0.4 is 0 Å². The molecule has 5 heteroatoms. The maximum Gasteiger partial charge on any atom is 0.309 e. The van der Waals surface area contributed by atoms with E-state index in [-0.39, 0.29) is 18.1 Å². The first-order valence-corrected chi connectivity index (χ1v) is 8.12. The van der Waals surface area contributed by atoms with Gasteiger partial charge in [-0.15, -0.1) is 0 Å². The fourth-order valence-corrected chi connectivity index (χ4v) is 2.74. The summed E-state index contributed by atoms with van der Waals surface area (Å²) in [5.41, 5.74) is 4.05. The molecule has 0 unspecified atom stereocenters. The third kappa shape index (κ3) is 4.11. The lowest BCUT2D eigenvalue weighted by atomic mass is 9.93. The summed E-state index contributed by atoms with van der Waals surface area (Å²) < 4.78 is 4.71. The lowest BCUT2D eigenvalue weighted by molar-refractivity contribution is -0.139. The standard InChI is InChI=1S/C19H18Cl2O3/c1-11-8-14(9-12(2)19(11)23)15(5-7-18(22)24-3)13-4-6-16(20)17(21)10-13/h4-6,8-10,23H,7H2,1-3H3/b15-5-. The first-order valence-electron chi connectivity index (χ1n) is 7.36. The minimum Gasteiger partial charge on any atom is -0.507 e. The average Bonchev–Trinajstić information content (AvgIpc) is 2.55. The van der Waals surface area contributed by atoms with Gasteiger partial charge in [0.05, 0.1) is 23.6 Å². The van der Waals surface area contributed by atoms with Crippen molar-refractivity contribution in [1.29, 1.82) is 0 Å². The van der Waals surface area contributed by atoms with Crippen molar-refractivity contribution in [3.63, 3.8) is 0 Å². The van der Waals surface area contributed by atoms with Crippen molar-refractivity contribution >= 4 is 34.7 Å². The highest BCUT2D eigenvalue weighted by molar-refractivity contribution is 6.42. The summed E-state index contributed by atoms with van der Waals surface area (Å²) in [6, 6.07) is 9.05. The Morgan fingerprint density at radius 3 is 2.25 bits per heavy atom. The number of aryl methyl sites for hydroxylation is 2. The second-order valence-corrected chi connectivity index (χ2v) is 6.30. The summed E-state index contributed by atoms with van der Waals surface area (Å²) in [6.07, 6.45) is 1.92. The Kier molecular flexibility index (Phi) is 5.92. The van der Waals surface area contributed by atoms with Gasteiger partial charge in [-0.3, -0.25) is 4.79 Å². The summed E-state index contributed by atoms with van der Waals surface area (Å²) in [7, 11) is 1.35. The van der Waals surface area contributed by atoms with Crippen LogP contribution in [-0.4, -0.2) is 18.2 Å². The van der Waals surface area contributed by atoms with Crippen LogP contribution in [0.1, 0.15) is 28.7 Å². The molecule has 2 rings (SSSR count). The summed E-state index contributed by atoms with van der Waals surface area (Å²) in [6.45, 7) is 3.66. The average molecular weight is 365 g/mol. The molecule has 2 aromatic rings. The van der Waals surface area contributed by atoms with Gasteiger partial charge in [-0.25, -0.2) is 0 Å². The number of halogens is 2. The van der Waals surface area contributed by atoms with Gasteiger partial charge in [0.15, 0.2) is 0 Å². The van der Waals surface area contributed by atoms with E-state index in [1.807, 2.05) is 32.0 Å². The molecule has 0 fully saturated rings. The largest absolute Gasteiger partial charge is 0.507 e. The third-order valence-corrected chi connectivity index (χ3v) is 4.47. The number of hydrogen-bond donors (Lipinski definition) is 1. The number of phenols is 1. The molecule has 0 saturated carbocycles. The predicted molar refractivity (Wildman–Crippen MR) is 97.8 cm³/mol. The van der Waals surface area contributed by atoms with E-state index in [1.165, 1.54) is 7.11 Å². The molecule has 0 aromatic heterocycles. The van der Waals surface area contributed by atoms with Crippen LogP contribution in [0.4, 0.5) is 0 Å². The Labute approximate surface area is 151 Å². The number of esters is 1. The molecule has 0 amide bonds. The molecular formula is C19H18Cl2O3. The van der Waals surface area contributed by atoms with E-state index in [0.717, 1.165) is 27.8 Å². The highest BCUT2D eigenvalue weighted by atomic mass is 35.5. The summed E-state index contributed by atoms with van der Waals surface area (Å²) in [5, 5.41) is 10.9. The third-order valence-electron chi connectivity index (χ3n) is 3.73. The zero-order valence-corrected chi connectivity index (χ0v) is 15.2. The lowest BCUT2D eigenvalue weighted by Crippen LogP contribution is -1.99. The molecule has 0 radical (unpaired) electrons. The number of phenolic OH excluding ortho intramolecular Hbond substituents is 1. The van der Waals surface area contributed by atoms with Gasteiger partial charge in [0.25, 0.3) is 0 Å². The quantitative estimate of drug-likeness (QED) is 0.747. The molecule has 0 aliphatic rings. The minimum atomic E-state index is -0.334. The number of methoxy groups -OCH3 is 1. The molecule has 0 bridgehead atoms. The SMILES string of the molecule is COC(=O)C/C=C(\c1cc(C)c(O)c(C)c1)c1ccc(Cl)c(Cl)c1. The van der Waals surface area contributed by atoms with Crippen molar-refractivity contribution < 1.29 is 14.6 Å². The van der Waals surface area contributed by atoms with E-state index in [0.29, 0.717) is 10.0 Å². The molecule has 0 aliphatic heterocycles. The van der Waals surface area contributed by atoms with Crippen LogP contribution in [-0.2, 0) is 9.53 Å². The molecule has 126 valence electrons. The Balaban J connectivity index is 2.58. The second-order valence-electron chi connectivity index (χ2n) is 5.49. The van der Waals surface area contributed by atoms with Gasteiger partial charge >= 0.3 is 5.97 Å². The van der Waals surface area contributed by atoms with Crippen molar-refractivity contribution in [3.8, 4) is 5.75 Å². The van der Waals surface area contributed by atoms with E-state index in [2.05, 4.69) is 0 Å². The van der Waals surface area contributed by atoms with E-state index in [4.69, 9.17) is 27.9 Å². The molecule has 0 heterocycles. The fraction of sp³-hybridized carbons (Fsp3) is 0.211. The van der Waals surface area contributed by atoms with Gasteiger partial charge < -0.3 is 9.84 Å². The molecule has 0 aliphatic carbocycles. The molecule has 0 saturated heterocycles. The maximum atomic E-state index is 11.5. The highest BCUT2D eigenvalue weighted by Gasteiger charge is 2.12. The molecule has 3 nitrogen and oxygen atoms in total. The van der Waals surface area contributed by atoms with Gasteiger partial charge in [0.1, 0.15) is 5.75 Å². The van der Waals surface area contributed by atoms with Crippen molar-refractivity contribution in [1.82, 2.24) is 0 Å². The predicted octanol–water partition coefficient (Wildman–Crippen LogP) is 5.31. The van der Waals surface area contributed by atoms with E-state index in [9.17, 15) is 9.90 Å². The van der Waals surface area contributed by atoms with E-state index in [1.54, 1.807) is 18.2 Å². The van der Waals surface area contributed by atoms with Crippen LogP contribution in [0.3, 0.4) is 0 Å². The first kappa shape index (κ1) is 18.4. The van der Waals surface area contributed by atoms with Crippen molar-refractivity contribution in [3.05, 3.63) is 68.7 Å². The van der Waals surface area contributed by atoms with Crippen LogP contribution in [0.5, 0.6) is 5.75 Å². The number of hydrogen-bond acceptors (Lipinski definition) is 3. The van der Waals surface area contributed by atoms with Gasteiger partial charge in [-0.1, -0.05) is 35.3 Å². The molecule has 2 aromatic carbocycles. The lowest BCUT2D eigenvalue weighted by Gasteiger charge is -2.13. The Hall–Kier alpha value is -1.97. The van der Waals surface area contributed by atoms with Crippen LogP contribution in [0.15, 0.2) is 36.4 Å². The van der Waals surface area contributed by atoms with Crippen molar-refractivity contribution in [2.75, 3.05) is 7.11 Å². The zero-order chi connectivity index (χ0) is 17.9. The number of rotatable bonds is 4. The number of aromatic hydroxyl groups is 1. The van der Waals surface area contributed by atoms with Gasteiger partial charge in [-0.2, -0.15) is 0 Å². The van der Waals surface area contributed by atoms with Crippen molar-refractivity contribution in [2.24, 2.45) is 0 Å². The molecular weight excluding hydrogens is 347 g/mol. The topological polar surface area (TPSA) is 46.5 Å². The zero-order valence-electron chi connectivity index (χ0n) is 13.7. The second kappa shape index (κ2) is 7.73. The van der Waals surface area contributed by atoms with Crippen molar-refractivity contribution in [2.45, 2.75) is 20.3 Å². The summed E-state index contributed by atoms with van der Waals surface area (Å²) in [5.74, 6) is -0.0695. The first-order chi connectivity index (χ1) is 11.3. The van der Waals surface area contributed by atoms with Gasteiger partial charge in [0, 0.05) is 0 Å². The number of ether oxygens (including phenoxy) is 1. The Bertz CT molecular complexity index is 787. The Morgan fingerprint density at radius 1 is 1.08 bits per heavy atom. The van der Waals surface area contributed by atoms with Crippen LogP contribution in [0, 0.1) is 13.8 Å². The molecule has 0 atom stereocenters. The number of carbonyl (C=O) groups is 1. The summed E-state index contributed by atoms with van der Waals surface area (Å²) >= 11 is 12.1. The van der Waals surface area contributed by atoms with Crippen LogP contribution >= 0.6 is 23.2 Å². The Morgan fingerprint density at radius 2 is 1.71 bits per heavy atom. The fourth-order valence-electron chi connectivity index (χ4n) is 2.45. The monoisotopic (exact) mass is 364 g/mol. The maximum absolute atomic E-state index is 11.5. The number of carbonyl (C=O) groups excluding carboxylic acids is 1. The summed E-state index contributed by atoms with van der Waals surface area (Å²) in [4.78, 5) is 11.5. The van der Waals surface area contributed by atoms with Gasteiger partial charge in [-0.05, 0) is 65.9 Å². The molecule has 1 N–H and O–H groups in total. The smallest absolute Gasteiger partial charge is 0.309 e. The molecule has 24 heavy (non-hydrogen) atoms. The highest BCUT2D eigenvalue weighted by Crippen LogP contribution is 2.33. The van der Waals surface area contributed by atoms with E-state index < -0.39 is 0 Å². The van der Waals surface area contributed by atoms with Crippen LogP contribution in [0.25, 0.3) is 5.57 Å². The minimum absolute atomic E-state index is 0.130. The number of benzene rings is 2.